The predicted molar refractivity (Wildman–Crippen MR) is 89.5 cm³/mol. The molecule has 3 atom stereocenters. The molecule has 2 aliphatic rings. The maximum absolute atomic E-state index is 12.7. The zero-order chi connectivity index (χ0) is 16.6. The van der Waals surface area contributed by atoms with E-state index in [1.54, 1.807) is 28.6 Å². The van der Waals surface area contributed by atoms with Crippen LogP contribution in [0.1, 0.15) is 39.5 Å². The summed E-state index contributed by atoms with van der Waals surface area (Å²) in [6.07, 6.45) is 3.84. The Kier molecular flexibility index (Phi) is 4.47. The van der Waals surface area contributed by atoms with Gasteiger partial charge in [0.15, 0.2) is 0 Å². The number of hydrogen-bond acceptors (Lipinski definition) is 3. The molecule has 126 valence electrons. The molecular weight excluding hydrogens is 312 g/mol. The summed E-state index contributed by atoms with van der Waals surface area (Å²) in [5, 5.41) is 2.85. The van der Waals surface area contributed by atoms with Crippen molar-refractivity contribution >= 4 is 21.6 Å². The fourth-order valence-electron chi connectivity index (χ4n) is 3.20. The Morgan fingerprint density at radius 1 is 1.17 bits per heavy atom. The second-order valence-electron chi connectivity index (χ2n) is 6.79. The van der Waals surface area contributed by atoms with Crippen LogP contribution in [0, 0.1) is 11.8 Å². The van der Waals surface area contributed by atoms with Gasteiger partial charge in [-0.05, 0) is 56.4 Å². The normalized spacial score (nSPS) is 28.3. The van der Waals surface area contributed by atoms with Crippen molar-refractivity contribution in [3.63, 3.8) is 0 Å². The lowest BCUT2D eigenvalue weighted by atomic mass is 10.1. The van der Waals surface area contributed by atoms with Gasteiger partial charge in [0.05, 0.1) is 4.90 Å². The number of nitrogens with zero attached hydrogens (tertiary/aromatic N) is 1. The molecule has 1 amide bonds. The van der Waals surface area contributed by atoms with Crippen LogP contribution in [0.2, 0.25) is 0 Å². The Balaban J connectivity index is 1.72. The van der Waals surface area contributed by atoms with Crippen molar-refractivity contribution < 1.29 is 13.2 Å². The first-order valence-electron chi connectivity index (χ1n) is 8.32. The highest BCUT2D eigenvalue weighted by atomic mass is 32.2. The Morgan fingerprint density at radius 2 is 1.83 bits per heavy atom. The highest BCUT2D eigenvalue weighted by molar-refractivity contribution is 7.89. The number of benzene rings is 1. The van der Waals surface area contributed by atoms with Crippen LogP contribution in [0.5, 0.6) is 0 Å². The van der Waals surface area contributed by atoms with Crippen LogP contribution in [0.25, 0.3) is 0 Å². The Bertz CT molecular complexity index is 684. The first-order valence-corrected chi connectivity index (χ1v) is 9.76. The van der Waals surface area contributed by atoms with Crippen molar-refractivity contribution in [3.05, 3.63) is 24.3 Å². The third-order valence-electron chi connectivity index (χ3n) is 4.92. The highest BCUT2D eigenvalue weighted by Crippen LogP contribution is 2.38. The zero-order valence-electron chi connectivity index (χ0n) is 13.7. The van der Waals surface area contributed by atoms with Gasteiger partial charge in [-0.15, -0.1) is 0 Å². The summed E-state index contributed by atoms with van der Waals surface area (Å²) < 4.78 is 27.1. The van der Waals surface area contributed by atoms with Gasteiger partial charge < -0.3 is 5.32 Å². The molecule has 1 aliphatic heterocycles. The Hall–Kier alpha value is -1.40. The molecule has 1 aromatic rings. The number of nitrogens with one attached hydrogen (secondary N) is 1. The second-order valence-corrected chi connectivity index (χ2v) is 8.68. The molecule has 5 nitrogen and oxygen atoms in total. The van der Waals surface area contributed by atoms with E-state index in [1.165, 1.54) is 0 Å². The van der Waals surface area contributed by atoms with Crippen molar-refractivity contribution in [2.45, 2.75) is 50.5 Å². The van der Waals surface area contributed by atoms with Gasteiger partial charge in [0, 0.05) is 24.2 Å². The highest BCUT2D eigenvalue weighted by Gasteiger charge is 2.39. The van der Waals surface area contributed by atoms with Gasteiger partial charge >= 0.3 is 0 Å². The van der Waals surface area contributed by atoms with Gasteiger partial charge in [-0.1, -0.05) is 13.3 Å². The van der Waals surface area contributed by atoms with Gasteiger partial charge in [0.2, 0.25) is 15.9 Å². The molecular formula is C17H24N2O3S. The number of rotatable bonds is 4. The van der Waals surface area contributed by atoms with E-state index >= 15 is 0 Å². The van der Waals surface area contributed by atoms with E-state index in [4.69, 9.17) is 0 Å². The minimum Gasteiger partial charge on any atom is -0.326 e. The predicted octanol–water partition coefficient (Wildman–Crippen LogP) is 2.84. The summed E-state index contributed by atoms with van der Waals surface area (Å²) in [4.78, 5) is 12.2. The van der Waals surface area contributed by atoms with E-state index in [0.717, 1.165) is 25.7 Å². The maximum Gasteiger partial charge on any atom is 0.243 e. The minimum absolute atomic E-state index is 0.0257. The monoisotopic (exact) mass is 336 g/mol. The van der Waals surface area contributed by atoms with Gasteiger partial charge in [-0.2, -0.15) is 4.31 Å². The van der Waals surface area contributed by atoms with Crippen molar-refractivity contribution in [1.29, 1.82) is 0 Å². The number of carbonyl (C=O) groups excluding carboxylic acids is 1. The SMILES string of the molecule is C[C@@H]1C[C@@H]1C(=O)Nc1ccc(S(=O)(=O)N2CCCC[C@H]2C)cc1. The molecule has 1 aromatic carbocycles. The standard InChI is InChI=1S/C17H24N2O3S/c1-12-11-16(12)17(20)18-14-6-8-15(9-7-14)23(21,22)19-10-4-3-5-13(19)2/h6-9,12-13,16H,3-5,10-11H2,1-2H3,(H,18,20)/t12-,13-,16+/m1/s1. The van der Waals surface area contributed by atoms with Crippen LogP contribution in [0.3, 0.4) is 0 Å². The summed E-state index contributed by atoms with van der Waals surface area (Å²) in [6, 6.07) is 6.56. The zero-order valence-corrected chi connectivity index (χ0v) is 14.5. The van der Waals surface area contributed by atoms with Gasteiger partial charge in [-0.3, -0.25) is 4.79 Å². The number of anilines is 1. The molecule has 1 aliphatic carbocycles. The molecule has 0 bridgehead atoms. The van der Waals surface area contributed by atoms with Crippen LogP contribution in [-0.2, 0) is 14.8 Å². The second kappa shape index (κ2) is 6.24. The molecule has 1 saturated carbocycles. The van der Waals surface area contributed by atoms with Crippen LogP contribution in [-0.4, -0.2) is 31.2 Å². The molecule has 23 heavy (non-hydrogen) atoms. The van der Waals surface area contributed by atoms with Gasteiger partial charge in [0.25, 0.3) is 0 Å². The van der Waals surface area contributed by atoms with Crippen LogP contribution in [0.15, 0.2) is 29.2 Å². The summed E-state index contributed by atoms with van der Waals surface area (Å²) >= 11 is 0. The first kappa shape index (κ1) is 16.5. The lowest BCUT2D eigenvalue weighted by Gasteiger charge is -2.32. The van der Waals surface area contributed by atoms with E-state index in [9.17, 15) is 13.2 Å². The fourth-order valence-corrected chi connectivity index (χ4v) is 4.90. The molecule has 0 radical (unpaired) electrons. The van der Waals surface area contributed by atoms with Crippen molar-refractivity contribution in [2.24, 2.45) is 11.8 Å². The van der Waals surface area contributed by atoms with Crippen molar-refractivity contribution in [1.82, 2.24) is 4.31 Å². The van der Waals surface area contributed by atoms with Crippen LogP contribution in [0.4, 0.5) is 5.69 Å². The largest absolute Gasteiger partial charge is 0.326 e. The number of sulfonamides is 1. The van der Waals surface area contributed by atoms with Gasteiger partial charge in [-0.25, -0.2) is 8.42 Å². The molecule has 3 rings (SSSR count). The lowest BCUT2D eigenvalue weighted by molar-refractivity contribution is -0.117. The molecule has 0 unspecified atom stereocenters. The lowest BCUT2D eigenvalue weighted by Crippen LogP contribution is -2.41. The van der Waals surface area contributed by atoms with Gasteiger partial charge in [0.1, 0.15) is 0 Å². The third kappa shape index (κ3) is 3.43. The van der Waals surface area contributed by atoms with Crippen LogP contribution < -0.4 is 5.32 Å². The fraction of sp³-hybridized carbons (Fsp3) is 0.588. The molecule has 1 N–H and O–H groups in total. The van der Waals surface area contributed by atoms with E-state index in [-0.39, 0.29) is 17.9 Å². The summed E-state index contributed by atoms with van der Waals surface area (Å²) in [5.41, 5.74) is 0.653. The quantitative estimate of drug-likeness (QED) is 0.919. The first-order chi connectivity index (χ1) is 10.9. The van der Waals surface area contributed by atoms with E-state index < -0.39 is 10.0 Å². The molecule has 1 heterocycles. The van der Waals surface area contributed by atoms with E-state index in [1.807, 2.05) is 6.92 Å². The average Bonchev–Trinajstić information content (AvgIpc) is 3.25. The smallest absolute Gasteiger partial charge is 0.243 e. The number of hydrogen-bond donors (Lipinski definition) is 1. The Morgan fingerprint density at radius 3 is 2.39 bits per heavy atom. The molecule has 0 spiro atoms. The maximum atomic E-state index is 12.7. The van der Waals surface area contributed by atoms with E-state index in [2.05, 4.69) is 12.2 Å². The minimum atomic E-state index is -3.45. The number of amides is 1. The topological polar surface area (TPSA) is 66.5 Å². The summed E-state index contributed by atoms with van der Waals surface area (Å²) in [6.45, 7) is 4.60. The van der Waals surface area contributed by atoms with Crippen LogP contribution >= 0.6 is 0 Å². The molecule has 1 saturated heterocycles. The number of carbonyl (C=O) groups is 1. The van der Waals surface area contributed by atoms with E-state index in [0.29, 0.717) is 23.0 Å². The summed E-state index contributed by atoms with van der Waals surface area (Å²) in [5.74, 6) is 0.584. The average molecular weight is 336 g/mol. The Labute approximate surface area is 138 Å². The molecule has 2 fully saturated rings. The molecule has 0 aromatic heterocycles. The van der Waals surface area contributed by atoms with Crippen molar-refractivity contribution in [3.8, 4) is 0 Å². The van der Waals surface area contributed by atoms with Crippen molar-refractivity contribution in [2.75, 3.05) is 11.9 Å². The summed E-state index contributed by atoms with van der Waals surface area (Å²) in [7, 11) is -3.45. The third-order valence-corrected chi connectivity index (χ3v) is 6.94. The molecule has 6 heteroatoms. The number of piperidine rings is 1.